The van der Waals surface area contributed by atoms with E-state index < -0.39 is 0 Å². The number of hydrogen-bond donors (Lipinski definition) is 2. The number of aryl methyl sites for hydroxylation is 2. The lowest BCUT2D eigenvalue weighted by atomic mass is 9.91. The lowest BCUT2D eigenvalue weighted by molar-refractivity contribution is 0.414. The van der Waals surface area contributed by atoms with Crippen LogP contribution in [0.25, 0.3) is 0 Å². The van der Waals surface area contributed by atoms with E-state index in [4.69, 9.17) is 22.2 Å². The Balaban J connectivity index is 2.53. The molecule has 2 aromatic rings. The summed E-state index contributed by atoms with van der Waals surface area (Å²) in [5.41, 5.74) is 7.48. The highest BCUT2D eigenvalue weighted by Crippen LogP contribution is 2.32. The molecule has 0 aliphatic carbocycles. The van der Waals surface area contributed by atoms with Gasteiger partial charge in [0.2, 0.25) is 0 Å². The van der Waals surface area contributed by atoms with Gasteiger partial charge in [0.15, 0.2) is 0 Å². The average molecular weight is 291 g/mol. The van der Waals surface area contributed by atoms with Crippen molar-refractivity contribution in [2.24, 2.45) is 5.84 Å². The molecule has 0 fully saturated rings. The Morgan fingerprint density at radius 3 is 2.35 bits per heavy atom. The molecule has 2 rings (SSSR count). The van der Waals surface area contributed by atoms with Crippen molar-refractivity contribution in [3.8, 4) is 5.75 Å². The fourth-order valence-electron chi connectivity index (χ4n) is 2.48. The first kappa shape index (κ1) is 14.9. The summed E-state index contributed by atoms with van der Waals surface area (Å²) in [4.78, 5) is 0. The number of benzene rings is 2. The summed E-state index contributed by atoms with van der Waals surface area (Å²) in [7, 11) is 1.61. The smallest absolute Gasteiger partial charge is 0.137 e. The summed E-state index contributed by atoms with van der Waals surface area (Å²) >= 11 is 6.08. The van der Waals surface area contributed by atoms with Crippen LogP contribution in [0.2, 0.25) is 5.02 Å². The molecule has 3 nitrogen and oxygen atoms in total. The summed E-state index contributed by atoms with van der Waals surface area (Å²) < 4.78 is 5.28. The van der Waals surface area contributed by atoms with Crippen LogP contribution < -0.4 is 16.0 Å². The first-order valence-corrected chi connectivity index (χ1v) is 6.82. The third-order valence-electron chi connectivity index (χ3n) is 3.51. The second-order valence-corrected chi connectivity index (χ2v) is 5.21. The van der Waals surface area contributed by atoms with Gasteiger partial charge >= 0.3 is 0 Å². The van der Waals surface area contributed by atoms with Crippen LogP contribution in [-0.4, -0.2) is 7.11 Å². The van der Waals surface area contributed by atoms with Crippen molar-refractivity contribution in [3.63, 3.8) is 0 Å². The fourth-order valence-corrected chi connectivity index (χ4v) is 2.68. The molecule has 0 spiro atoms. The van der Waals surface area contributed by atoms with E-state index in [-0.39, 0.29) is 6.04 Å². The second kappa shape index (κ2) is 6.27. The van der Waals surface area contributed by atoms with Gasteiger partial charge in [-0.15, -0.1) is 0 Å². The zero-order valence-corrected chi connectivity index (χ0v) is 12.7. The Hall–Kier alpha value is -1.55. The van der Waals surface area contributed by atoms with Crippen LogP contribution in [0.5, 0.6) is 5.75 Å². The molecule has 3 N–H and O–H groups in total. The molecule has 1 unspecified atom stereocenters. The van der Waals surface area contributed by atoms with Crippen LogP contribution in [0.4, 0.5) is 0 Å². The summed E-state index contributed by atoms with van der Waals surface area (Å²) in [6, 6.07) is 11.8. The van der Waals surface area contributed by atoms with Gasteiger partial charge in [0.1, 0.15) is 5.75 Å². The number of methoxy groups -OCH3 is 1. The van der Waals surface area contributed by atoms with Gasteiger partial charge < -0.3 is 4.74 Å². The van der Waals surface area contributed by atoms with E-state index in [1.165, 1.54) is 16.7 Å². The lowest BCUT2D eigenvalue weighted by Gasteiger charge is -2.22. The molecule has 0 radical (unpaired) electrons. The first-order valence-electron chi connectivity index (χ1n) is 6.44. The summed E-state index contributed by atoms with van der Waals surface area (Å²) in [5.74, 6) is 6.43. The maximum atomic E-state index is 6.08. The van der Waals surface area contributed by atoms with Gasteiger partial charge in [-0.3, -0.25) is 5.84 Å². The number of halogens is 1. The summed E-state index contributed by atoms with van der Waals surface area (Å²) in [6.07, 6.45) is 0. The summed E-state index contributed by atoms with van der Waals surface area (Å²) in [5, 5.41) is 0.591. The van der Waals surface area contributed by atoms with Crippen molar-refractivity contribution in [2.75, 3.05) is 7.11 Å². The largest absolute Gasteiger partial charge is 0.495 e. The Morgan fingerprint density at radius 2 is 1.80 bits per heavy atom. The van der Waals surface area contributed by atoms with Crippen LogP contribution in [0.1, 0.15) is 28.3 Å². The predicted octanol–water partition coefficient (Wildman–Crippen LogP) is 3.52. The molecule has 0 aliphatic rings. The van der Waals surface area contributed by atoms with Gasteiger partial charge in [0.25, 0.3) is 0 Å². The van der Waals surface area contributed by atoms with E-state index in [0.717, 1.165) is 5.56 Å². The highest BCUT2D eigenvalue weighted by atomic mass is 35.5. The van der Waals surface area contributed by atoms with Gasteiger partial charge in [0.05, 0.1) is 18.2 Å². The maximum Gasteiger partial charge on any atom is 0.137 e. The van der Waals surface area contributed by atoms with Crippen molar-refractivity contribution in [1.82, 2.24) is 5.43 Å². The SMILES string of the molecule is COc1cc(C(NN)c2c(C)cccc2C)ccc1Cl. The molecular formula is C16H19ClN2O. The molecule has 0 heterocycles. The molecule has 20 heavy (non-hydrogen) atoms. The van der Waals surface area contributed by atoms with E-state index in [1.54, 1.807) is 7.11 Å². The van der Waals surface area contributed by atoms with Gasteiger partial charge in [-0.2, -0.15) is 0 Å². The lowest BCUT2D eigenvalue weighted by Crippen LogP contribution is -2.30. The molecule has 2 aromatic carbocycles. The Kier molecular flexibility index (Phi) is 4.65. The topological polar surface area (TPSA) is 47.3 Å². The van der Waals surface area contributed by atoms with Crippen LogP contribution >= 0.6 is 11.6 Å². The number of rotatable bonds is 4. The maximum absolute atomic E-state index is 6.08. The average Bonchev–Trinajstić information content (AvgIpc) is 2.44. The minimum absolute atomic E-state index is 0.0950. The van der Waals surface area contributed by atoms with E-state index in [9.17, 15) is 0 Å². The Labute approximate surface area is 124 Å². The standard InChI is InChI=1S/C16H19ClN2O/c1-10-5-4-6-11(2)15(10)16(19-18)12-7-8-13(17)14(9-12)20-3/h4-9,16,19H,18H2,1-3H3. The van der Waals surface area contributed by atoms with Crippen molar-refractivity contribution >= 4 is 11.6 Å². The van der Waals surface area contributed by atoms with Crippen molar-refractivity contribution in [3.05, 3.63) is 63.7 Å². The second-order valence-electron chi connectivity index (χ2n) is 4.80. The van der Waals surface area contributed by atoms with E-state index in [0.29, 0.717) is 10.8 Å². The molecule has 106 valence electrons. The van der Waals surface area contributed by atoms with Crippen LogP contribution in [0, 0.1) is 13.8 Å². The number of hydrazine groups is 1. The number of nitrogens with one attached hydrogen (secondary N) is 1. The fraction of sp³-hybridized carbons (Fsp3) is 0.250. The molecule has 4 heteroatoms. The minimum atomic E-state index is -0.0950. The Morgan fingerprint density at radius 1 is 1.15 bits per heavy atom. The van der Waals surface area contributed by atoms with Gasteiger partial charge in [0, 0.05) is 0 Å². The summed E-state index contributed by atoms with van der Waals surface area (Å²) in [6.45, 7) is 4.17. The van der Waals surface area contributed by atoms with Crippen LogP contribution in [0.15, 0.2) is 36.4 Å². The van der Waals surface area contributed by atoms with E-state index >= 15 is 0 Å². The molecule has 1 atom stereocenters. The highest BCUT2D eigenvalue weighted by molar-refractivity contribution is 6.32. The highest BCUT2D eigenvalue weighted by Gasteiger charge is 2.18. The van der Waals surface area contributed by atoms with Crippen LogP contribution in [0.3, 0.4) is 0 Å². The monoisotopic (exact) mass is 290 g/mol. The normalized spacial score (nSPS) is 12.2. The molecule has 0 aromatic heterocycles. The first-order chi connectivity index (χ1) is 9.58. The van der Waals surface area contributed by atoms with Crippen molar-refractivity contribution in [2.45, 2.75) is 19.9 Å². The van der Waals surface area contributed by atoms with Gasteiger partial charge in [-0.05, 0) is 48.2 Å². The van der Waals surface area contributed by atoms with Crippen LogP contribution in [-0.2, 0) is 0 Å². The molecule has 0 saturated heterocycles. The third kappa shape index (κ3) is 2.80. The Bertz CT molecular complexity index is 593. The number of nitrogens with two attached hydrogens (primary N) is 1. The van der Waals surface area contributed by atoms with Crippen molar-refractivity contribution < 1.29 is 4.74 Å². The zero-order chi connectivity index (χ0) is 14.7. The van der Waals surface area contributed by atoms with Gasteiger partial charge in [-0.1, -0.05) is 35.9 Å². The zero-order valence-electron chi connectivity index (χ0n) is 11.9. The predicted molar refractivity (Wildman–Crippen MR) is 83.1 cm³/mol. The molecular weight excluding hydrogens is 272 g/mol. The minimum Gasteiger partial charge on any atom is -0.495 e. The molecule has 0 bridgehead atoms. The van der Waals surface area contributed by atoms with Crippen molar-refractivity contribution in [1.29, 1.82) is 0 Å². The van der Waals surface area contributed by atoms with E-state index in [2.05, 4.69) is 31.4 Å². The van der Waals surface area contributed by atoms with Gasteiger partial charge in [-0.25, -0.2) is 5.43 Å². The molecule has 0 amide bonds. The molecule has 0 saturated carbocycles. The van der Waals surface area contributed by atoms with E-state index in [1.807, 2.05) is 24.3 Å². The quantitative estimate of drug-likeness (QED) is 0.669. The number of ether oxygens (including phenoxy) is 1. The molecule has 0 aliphatic heterocycles. The number of hydrogen-bond acceptors (Lipinski definition) is 3. The third-order valence-corrected chi connectivity index (χ3v) is 3.82.